The van der Waals surface area contributed by atoms with Crippen LogP contribution in [0.2, 0.25) is 0 Å². The van der Waals surface area contributed by atoms with Gasteiger partial charge in [-0.3, -0.25) is 23.4 Å². The SMILES string of the molecule is CCCCC/C=C\CC1OC1CCCCCCCC(=O)O[C@H](COC(=O)CCCCCCCCCCCCCCCCCCCCCCC)COP(=O)(O)OC[C@H](N)C(=O)O. The molecule has 0 radical (unpaired) electrons. The summed E-state index contributed by atoms with van der Waals surface area (Å²) in [6.07, 6.45) is 42.9. The van der Waals surface area contributed by atoms with Crippen LogP contribution >= 0.6 is 7.82 Å². The number of rotatable bonds is 46. The molecule has 0 aromatic rings. The van der Waals surface area contributed by atoms with Gasteiger partial charge in [-0.1, -0.05) is 193 Å². The molecule has 0 saturated carbocycles. The second-order valence-corrected chi connectivity index (χ2v) is 18.8. The van der Waals surface area contributed by atoms with Crippen molar-refractivity contribution in [1.29, 1.82) is 0 Å². The van der Waals surface area contributed by atoms with Crippen molar-refractivity contribution in [3.05, 3.63) is 12.2 Å². The number of carboxylic acids is 1. The Labute approximate surface area is 371 Å². The van der Waals surface area contributed by atoms with Gasteiger partial charge in [0, 0.05) is 12.8 Å². The van der Waals surface area contributed by atoms with Gasteiger partial charge >= 0.3 is 25.7 Å². The highest BCUT2D eigenvalue weighted by atomic mass is 31.2. The van der Waals surface area contributed by atoms with Crippen LogP contribution in [0, 0.1) is 0 Å². The molecule has 0 aromatic carbocycles. The third-order valence-electron chi connectivity index (χ3n) is 11.4. The van der Waals surface area contributed by atoms with Crippen LogP contribution in [0.3, 0.4) is 0 Å². The van der Waals surface area contributed by atoms with Crippen LogP contribution < -0.4 is 5.73 Å². The molecule has 358 valence electrons. The van der Waals surface area contributed by atoms with Crippen LogP contribution in [0.5, 0.6) is 0 Å². The molecule has 1 heterocycles. The van der Waals surface area contributed by atoms with Crippen molar-refractivity contribution in [1.82, 2.24) is 0 Å². The summed E-state index contributed by atoms with van der Waals surface area (Å²) in [5.74, 6) is -2.39. The van der Waals surface area contributed by atoms with Crippen LogP contribution in [-0.2, 0) is 42.2 Å². The number of nitrogens with two attached hydrogens (primary N) is 1. The number of epoxide rings is 1. The lowest BCUT2D eigenvalue weighted by Gasteiger charge is -2.20. The second-order valence-electron chi connectivity index (χ2n) is 17.3. The van der Waals surface area contributed by atoms with E-state index in [1.165, 1.54) is 128 Å². The standard InChI is InChI=1S/C48H90NO11P/c1-3-5-7-9-11-12-13-14-15-16-17-18-19-20-21-22-23-24-25-29-33-37-46(50)56-39-42(40-57-61(54,55)58-41-43(49)48(52)53)59-47(51)38-34-30-26-28-32-36-45-44(60-45)35-31-27-10-8-6-4-2/h27,31,42-45H,3-26,28-30,32-41,49H2,1-2H3,(H,52,53)(H,54,55)/b31-27-/t42-,43+,44?,45?/m1/s1. The minimum atomic E-state index is -4.72. The number of unbranched alkanes of at least 4 members (excludes halogenated alkanes) is 27. The van der Waals surface area contributed by atoms with Crippen molar-refractivity contribution in [2.75, 3.05) is 19.8 Å². The smallest absolute Gasteiger partial charge is 0.472 e. The molecule has 0 bridgehead atoms. The summed E-state index contributed by atoms with van der Waals surface area (Å²) < 4.78 is 38.6. The van der Waals surface area contributed by atoms with Crippen molar-refractivity contribution in [3.63, 3.8) is 0 Å². The first-order valence-corrected chi connectivity index (χ1v) is 26.3. The highest BCUT2D eigenvalue weighted by molar-refractivity contribution is 7.47. The fourth-order valence-electron chi connectivity index (χ4n) is 7.43. The van der Waals surface area contributed by atoms with Crippen molar-refractivity contribution in [3.8, 4) is 0 Å². The fraction of sp³-hybridized carbons (Fsp3) is 0.896. The lowest BCUT2D eigenvalue weighted by Crippen LogP contribution is -2.34. The minimum absolute atomic E-state index is 0.142. The summed E-state index contributed by atoms with van der Waals surface area (Å²) in [6, 6.07) is -1.52. The van der Waals surface area contributed by atoms with E-state index in [0.717, 1.165) is 64.2 Å². The molecule has 1 fully saturated rings. The quantitative estimate of drug-likeness (QED) is 0.0173. The van der Waals surface area contributed by atoms with E-state index in [1.54, 1.807) is 0 Å². The lowest BCUT2D eigenvalue weighted by molar-refractivity contribution is -0.161. The molecule has 0 spiro atoms. The first kappa shape index (κ1) is 57.2. The maximum absolute atomic E-state index is 12.7. The fourth-order valence-corrected chi connectivity index (χ4v) is 8.20. The Morgan fingerprint density at radius 2 is 1.03 bits per heavy atom. The third-order valence-corrected chi connectivity index (χ3v) is 12.4. The molecule has 5 atom stereocenters. The highest BCUT2D eigenvalue weighted by Crippen LogP contribution is 2.43. The number of carboxylic acid groups (broad SMARTS) is 1. The Morgan fingerprint density at radius 1 is 0.590 bits per heavy atom. The molecule has 4 N–H and O–H groups in total. The number of ether oxygens (including phenoxy) is 3. The molecular formula is C48H90NO11P. The summed E-state index contributed by atoms with van der Waals surface area (Å²) in [5.41, 5.74) is 5.35. The van der Waals surface area contributed by atoms with Gasteiger partial charge in [0.25, 0.3) is 0 Å². The van der Waals surface area contributed by atoms with E-state index in [2.05, 4.69) is 30.5 Å². The second kappa shape index (κ2) is 39.7. The van der Waals surface area contributed by atoms with Gasteiger partial charge in [0.05, 0.1) is 25.4 Å². The molecule has 1 aliphatic rings. The predicted octanol–water partition coefficient (Wildman–Crippen LogP) is 12.6. The van der Waals surface area contributed by atoms with Gasteiger partial charge in [-0.15, -0.1) is 0 Å². The van der Waals surface area contributed by atoms with E-state index >= 15 is 0 Å². The van der Waals surface area contributed by atoms with E-state index in [-0.39, 0.29) is 19.4 Å². The van der Waals surface area contributed by atoms with Gasteiger partial charge in [-0.25, -0.2) is 4.57 Å². The van der Waals surface area contributed by atoms with E-state index in [9.17, 15) is 23.8 Å². The predicted molar refractivity (Wildman–Crippen MR) is 244 cm³/mol. The number of phosphoric acid groups is 1. The maximum Gasteiger partial charge on any atom is 0.472 e. The molecule has 0 aliphatic carbocycles. The molecule has 3 unspecified atom stereocenters. The van der Waals surface area contributed by atoms with E-state index in [0.29, 0.717) is 25.0 Å². The Bertz CT molecular complexity index is 1150. The Morgan fingerprint density at radius 3 is 1.54 bits per heavy atom. The zero-order chi connectivity index (χ0) is 44.7. The average Bonchev–Trinajstić information content (AvgIpc) is 3.99. The van der Waals surface area contributed by atoms with Crippen LogP contribution in [-0.4, -0.2) is 72.1 Å². The van der Waals surface area contributed by atoms with Gasteiger partial charge in [0.2, 0.25) is 0 Å². The summed E-state index contributed by atoms with van der Waals surface area (Å²) in [6.45, 7) is 2.79. The Balaban J connectivity index is 2.20. The molecule has 1 aliphatic heterocycles. The zero-order valence-electron chi connectivity index (χ0n) is 38.7. The summed E-state index contributed by atoms with van der Waals surface area (Å²) in [7, 11) is -4.72. The minimum Gasteiger partial charge on any atom is -0.480 e. The topological polar surface area (TPSA) is 184 Å². The number of phosphoric ester groups is 1. The molecule has 61 heavy (non-hydrogen) atoms. The van der Waals surface area contributed by atoms with Crippen molar-refractivity contribution < 1.29 is 52.2 Å². The summed E-state index contributed by atoms with van der Waals surface area (Å²) in [5, 5.41) is 8.91. The molecule has 1 saturated heterocycles. The van der Waals surface area contributed by atoms with Gasteiger partial charge < -0.3 is 29.9 Å². The van der Waals surface area contributed by atoms with E-state index < -0.39 is 51.1 Å². The molecule has 0 amide bonds. The number of carbonyl (C=O) groups is 3. The molecule has 0 aromatic heterocycles. The van der Waals surface area contributed by atoms with Crippen molar-refractivity contribution >= 4 is 25.7 Å². The summed E-state index contributed by atoms with van der Waals surface area (Å²) in [4.78, 5) is 46.2. The molecule has 13 heteroatoms. The van der Waals surface area contributed by atoms with Gasteiger partial charge in [-0.05, 0) is 38.5 Å². The first-order valence-electron chi connectivity index (χ1n) is 24.8. The van der Waals surface area contributed by atoms with Crippen LogP contribution in [0.15, 0.2) is 12.2 Å². The van der Waals surface area contributed by atoms with E-state index in [1.807, 2.05) is 0 Å². The van der Waals surface area contributed by atoms with Gasteiger partial charge in [0.1, 0.15) is 12.6 Å². The monoisotopic (exact) mass is 888 g/mol. The highest BCUT2D eigenvalue weighted by Gasteiger charge is 2.36. The van der Waals surface area contributed by atoms with Crippen LogP contribution in [0.25, 0.3) is 0 Å². The molecule has 12 nitrogen and oxygen atoms in total. The van der Waals surface area contributed by atoms with Gasteiger partial charge in [0.15, 0.2) is 6.10 Å². The summed E-state index contributed by atoms with van der Waals surface area (Å²) >= 11 is 0. The number of esters is 2. The number of aliphatic carboxylic acids is 1. The van der Waals surface area contributed by atoms with Crippen molar-refractivity contribution in [2.24, 2.45) is 5.73 Å². The third kappa shape index (κ3) is 37.3. The average molecular weight is 888 g/mol. The molecular weight excluding hydrogens is 797 g/mol. The number of hydrogen-bond donors (Lipinski definition) is 3. The molecule has 1 rings (SSSR count). The van der Waals surface area contributed by atoms with Gasteiger partial charge in [-0.2, -0.15) is 0 Å². The Hall–Kier alpha value is -1.82. The van der Waals surface area contributed by atoms with E-state index in [4.69, 9.17) is 29.6 Å². The number of allylic oxidation sites excluding steroid dienone is 1. The van der Waals surface area contributed by atoms with Crippen molar-refractivity contribution in [2.45, 2.75) is 257 Å². The van der Waals surface area contributed by atoms with Crippen LogP contribution in [0.1, 0.15) is 232 Å². The Kier molecular flexibility index (Phi) is 37.3. The largest absolute Gasteiger partial charge is 0.480 e. The zero-order valence-corrected chi connectivity index (χ0v) is 39.6. The lowest BCUT2D eigenvalue weighted by atomic mass is 10.0. The van der Waals surface area contributed by atoms with Crippen LogP contribution in [0.4, 0.5) is 0 Å². The maximum atomic E-state index is 12.7. The normalized spacial score (nSPS) is 17.0. The number of hydrogen-bond acceptors (Lipinski definition) is 10. The first-order chi connectivity index (χ1) is 29.6. The number of carbonyl (C=O) groups excluding carboxylic acids is 2.